The molecule has 0 unspecified atom stereocenters. The van der Waals surface area contributed by atoms with Crippen LogP contribution in [-0.2, 0) is 24.2 Å². The Balaban J connectivity index is 1.54. The van der Waals surface area contributed by atoms with Crippen molar-refractivity contribution >= 4 is 35.1 Å². The lowest BCUT2D eigenvalue weighted by molar-refractivity contribution is -0.116. The first-order valence-electron chi connectivity index (χ1n) is 8.96. The summed E-state index contributed by atoms with van der Waals surface area (Å²) in [6.07, 6.45) is 2.84. The quantitative estimate of drug-likeness (QED) is 0.596. The van der Waals surface area contributed by atoms with Crippen molar-refractivity contribution in [2.75, 3.05) is 23.0 Å². The van der Waals surface area contributed by atoms with Gasteiger partial charge in [-0.15, -0.1) is 11.8 Å². The lowest BCUT2D eigenvalue weighted by atomic mass is 10.0. The lowest BCUT2D eigenvalue weighted by Crippen LogP contribution is -2.36. The zero-order valence-electron chi connectivity index (χ0n) is 14.7. The molecule has 2 aliphatic rings. The number of hydrogen-bond acceptors (Lipinski definition) is 5. The number of amides is 1. The van der Waals surface area contributed by atoms with Crippen molar-refractivity contribution in [3.05, 3.63) is 45.9 Å². The number of carbonyl (C=O) groups excluding carboxylic acids is 1. The van der Waals surface area contributed by atoms with E-state index in [1.807, 2.05) is 30.0 Å². The molecule has 0 radical (unpaired) electrons. The van der Waals surface area contributed by atoms with E-state index in [0.717, 1.165) is 47.8 Å². The maximum Gasteiger partial charge on any atom is 0.268 e. The van der Waals surface area contributed by atoms with Crippen LogP contribution in [0.25, 0.3) is 0 Å². The Kier molecular flexibility index (Phi) is 5.09. The van der Waals surface area contributed by atoms with E-state index in [1.165, 1.54) is 17.3 Å². The molecule has 0 aliphatic carbocycles. The number of nitrogens with zero attached hydrogens (tertiary/aromatic N) is 3. The second-order valence-corrected chi connectivity index (χ2v) is 8.43. The maximum atomic E-state index is 12.8. The van der Waals surface area contributed by atoms with Gasteiger partial charge in [-0.3, -0.25) is 14.2 Å². The minimum absolute atomic E-state index is 0.0401. The van der Waals surface area contributed by atoms with E-state index in [4.69, 9.17) is 0 Å². The van der Waals surface area contributed by atoms with E-state index in [9.17, 15) is 9.59 Å². The van der Waals surface area contributed by atoms with Gasteiger partial charge in [-0.05, 0) is 31.4 Å². The molecule has 7 heteroatoms. The molecular weight excluding hydrogens is 366 g/mol. The van der Waals surface area contributed by atoms with Gasteiger partial charge in [-0.25, -0.2) is 4.98 Å². The fourth-order valence-corrected chi connectivity index (χ4v) is 5.51. The Hall–Kier alpha value is -1.73. The highest BCUT2D eigenvalue weighted by atomic mass is 32.2. The van der Waals surface area contributed by atoms with Gasteiger partial charge in [0.25, 0.3) is 5.56 Å². The largest absolute Gasteiger partial charge is 0.311 e. The average molecular weight is 388 g/mol. The molecule has 0 N–H and O–H groups in total. The number of fused-ring (bicyclic) bond motifs is 2. The zero-order chi connectivity index (χ0) is 18.1. The molecule has 1 aromatic heterocycles. The molecule has 0 atom stereocenters. The number of anilines is 1. The van der Waals surface area contributed by atoms with Gasteiger partial charge in [-0.1, -0.05) is 30.0 Å². The highest BCUT2D eigenvalue weighted by Gasteiger charge is 2.24. The van der Waals surface area contributed by atoms with E-state index in [2.05, 4.69) is 11.1 Å². The first-order valence-corrected chi connectivity index (χ1v) is 10.9. The smallest absolute Gasteiger partial charge is 0.268 e. The summed E-state index contributed by atoms with van der Waals surface area (Å²) < 4.78 is 1.69. The van der Waals surface area contributed by atoms with Crippen molar-refractivity contribution in [2.45, 2.75) is 42.8 Å². The van der Waals surface area contributed by atoms with Crippen LogP contribution in [0.4, 0.5) is 5.69 Å². The standard InChI is InChI=1S/C19H21N3O2S2/c1-2-21-18(24)17-14(9-11-25-17)20-19(21)26-12-16(23)22-10-5-7-13-6-3-4-8-15(13)22/h3-4,6,8H,2,5,7,9-12H2,1H3. The number of hydrogen-bond donors (Lipinski definition) is 0. The van der Waals surface area contributed by atoms with Crippen molar-refractivity contribution in [1.82, 2.24) is 9.55 Å². The second kappa shape index (κ2) is 7.48. The Morgan fingerprint density at radius 3 is 3.00 bits per heavy atom. The predicted octanol–water partition coefficient (Wildman–Crippen LogP) is 2.98. The molecule has 5 nitrogen and oxygen atoms in total. The molecule has 4 rings (SSSR count). The summed E-state index contributed by atoms with van der Waals surface area (Å²) in [5.41, 5.74) is 3.19. The Bertz CT molecular complexity index is 910. The summed E-state index contributed by atoms with van der Waals surface area (Å²) >= 11 is 2.97. The van der Waals surface area contributed by atoms with Crippen LogP contribution < -0.4 is 10.5 Å². The van der Waals surface area contributed by atoms with Gasteiger partial charge < -0.3 is 4.90 Å². The minimum atomic E-state index is 0.0401. The summed E-state index contributed by atoms with van der Waals surface area (Å²) in [6.45, 7) is 3.27. The summed E-state index contributed by atoms with van der Waals surface area (Å²) in [5, 5.41) is 0.664. The molecule has 1 aromatic carbocycles. The van der Waals surface area contributed by atoms with Gasteiger partial charge >= 0.3 is 0 Å². The molecule has 26 heavy (non-hydrogen) atoms. The third kappa shape index (κ3) is 3.18. The normalized spacial score (nSPS) is 15.7. The molecule has 2 aromatic rings. The Labute approximate surface area is 161 Å². The molecule has 136 valence electrons. The van der Waals surface area contributed by atoms with Crippen molar-refractivity contribution in [1.29, 1.82) is 0 Å². The van der Waals surface area contributed by atoms with Crippen molar-refractivity contribution in [3.63, 3.8) is 0 Å². The maximum absolute atomic E-state index is 12.8. The monoisotopic (exact) mass is 387 g/mol. The SMILES string of the molecule is CCn1c(SCC(=O)N2CCCc3ccccc32)nc2c(c1=O)SCC2. The zero-order valence-corrected chi connectivity index (χ0v) is 16.4. The van der Waals surface area contributed by atoms with Crippen molar-refractivity contribution < 1.29 is 4.79 Å². The van der Waals surface area contributed by atoms with Crippen LogP contribution in [0.2, 0.25) is 0 Å². The number of carbonyl (C=O) groups is 1. The minimum Gasteiger partial charge on any atom is -0.311 e. The lowest BCUT2D eigenvalue weighted by Gasteiger charge is -2.29. The van der Waals surface area contributed by atoms with E-state index < -0.39 is 0 Å². The third-order valence-electron chi connectivity index (χ3n) is 4.80. The summed E-state index contributed by atoms with van der Waals surface area (Å²) in [6, 6.07) is 8.11. The molecule has 3 heterocycles. The average Bonchev–Trinajstić information content (AvgIpc) is 3.14. The van der Waals surface area contributed by atoms with Crippen LogP contribution in [0.15, 0.2) is 39.1 Å². The summed E-state index contributed by atoms with van der Waals surface area (Å²) in [7, 11) is 0. The third-order valence-corrected chi connectivity index (χ3v) is 6.87. The molecule has 2 aliphatic heterocycles. The molecular formula is C19H21N3O2S2. The Morgan fingerprint density at radius 2 is 2.15 bits per heavy atom. The topological polar surface area (TPSA) is 55.2 Å². The van der Waals surface area contributed by atoms with E-state index >= 15 is 0 Å². The first-order chi connectivity index (χ1) is 12.7. The van der Waals surface area contributed by atoms with Gasteiger partial charge in [0.2, 0.25) is 5.91 Å². The van der Waals surface area contributed by atoms with E-state index in [1.54, 1.807) is 16.3 Å². The van der Waals surface area contributed by atoms with Crippen LogP contribution in [0, 0.1) is 0 Å². The molecule has 0 bridgehead atoms. The molecule has 0 saturated carbocycles. The number of benzene rings is 1. The summed E-state index contributed by atoms with van der Waals surface area (Å²) in [5.74, 6) is 1.29. The predicted molar refractivity (Wildman–Crippen MR) is 106 cm³/mol. The van der Waals surface area contributed by atoms with E-state index in [0.29, 0.717) is 17.5 Å². The summed E-state index contributed by atoms with van der Waals surface area (Å²) in [4.78, 5) is 32.8. The highest BCUT2D eigenvalue weighted by Crippen LogP contribution is 2.30. The molecule has 0 fully saturated rings. The van der Waals surface area contributed by atoms with Gasteiger partial charge in [0.05, 0.1) is 16.3 Å². The van der Waals surface area contributed by atoms with Crippen LogP contribution >= 0.6 is 23.5 Å². The van der Waals surface area contributed by atoms with E-state index in [-0.39, 0.29) is 11.5 Å². The number of para-hydroxylation sites is 1. The number of rotatable bonds is 4. The van der Waals surface area contributed by atoms with Gasteiger partial charge in [0.15, 0.2) is 5.16 Å². The van der Waals surface area contributed by atoms with Crippen LogP contribution in [0.5, 0.6) is 0 Å². The number of aromatic nitrogens is 2. The fraction of sp³-hybridized carbons (Fsp3) is 0.421. The fourth-order valence-electron chi connectivity index (χ4n) is 3.51. The van der Waals surface area contributed by atoms with Crippen molar-refractivity contribution in [2.24, 2.45) is 0 Å². The van der Waals surface area contributed by atoms with Crippen LogP contribution in [0.1, 0.15) is 24.6 Å². The van der Waals surface area contributed by atoms with Gasteiger partial charge in [0.1, 0.15) is 0 Å². The van der Waals surface area contributed by atoms with Gasteiger partial charge in [-0.2, -0.15) is 0 Å². The highest BCUT2D eigenvalue weighted by molar-refractivity contribution is 8.00. The molecule has 0 spiro atoms. The van der Waals surface area contributed by atoms with Crippen LogP contribution in [0.3, 0.4) is 0 Å². The molecule has 1 amide bonds. The van der Waals surface area contributed by atoms with Crippen LogP contribution in [-0.4, -0.2) is 33.5 Å². The molecule has 0 saturated heterocycles. The Morgan fingerprint density at radius 1 is 1.31 bits per heavy atom. The number of thioether (sulfide) groups is 2. The first kappa shape index (κ1) is 17.7. The number of aryl methyl sites for hydroxylation is 2. The van der Waals surface area contributed by atoms with Crippen molar-refractivity contribution in [3.8, 4) is 0 Å². The van der Waals surface area contributed by atoms with Gasteiger partial charge in [0, 0.05) is 31.0 Å². The second-order valence-electron chi connectivity index (χ2n) is 6.38.